The number of ether oxygens (including phenoxy) is 2. The van der Waals surface area contributed by atoms with Gasteiger partial charge in [-0.3, -0.25) is 0 Å². The third kappa shape index (κ3) is 4.18. The van der Waals surface area contributed by atoms with Gasteiger partial charge >= 0.3 is 17.1 Å². The van der Waals surface area contributed by atoms with E-state index in [1.807, 2.05) is 30.3 Å². The number of sulfone groups is 1. The molecule has 11 heteroatoms. The molecule has 4 nitrogen and oxygen atoms in total. The fourth-order valence-corrected chi connectivity index (χ4v) is 4.30. The van der Waals surface area contributed by atoms with Gasteiger partial charge in [-0.15, -0.1) is 0 Å². The lowest BCUT2D eigenvalue weighted by atomic mass is 10.0. The molecule has 0 aromatic heterocycles. The van der Waals surface area contributed by atoms with Gasteiger partial charge in [0.15, 0.2) is 6.29 Å². The van der Waals surface area contributed by atoms with Crippen molar-refractivity contribution < 1.29 is 44.2 Å². The lowest BCUT2D eigenvalue weighted by Gasteiger charge is -2.31. The van der Waals surface area contributed by atoms with Gasteiger partial charge in [-0.2, -0.15) is 26.3 Å². The number of benzene rings is 2. The Hall–Kier alpha value is -2.11. The highest BCUT2D eigenvalue weighted by Crippen LogP contribution is 2.50. The van der Waals surface area contributed by atoms with Gasteiger partial charge in [0, 0.05) is 18.4 Å². The Morgan fingerprint density at radius 1 is 0.806 bits per heavy atom. The zero-order valence-corrected chi connectivity index (χ0v) is 16.9. The van der Waals surface area contributed by atoms with E-state index >= 15 is 0 Å². The molecule has 1 saturated heterocycles. The van der Waals surface area contributed by atoms with Crippen LogP contribution in [-0.2, 0) is 19.3 Å². The first-order chi connectivity index (χ1) is 14.3. The summed E-state index contributed by atoms with van der Waals surface area (Å²) in [5, 5.41) is -6.03. The second kappa shape index (κ2) is 8.10. The minimum Gasteiger partial charge on any atom is -0.348 e. The maximum atomic E-state index is 14.0. The van der Waals surface area contributed by atoms with Crippen LogP contribution in [0.5, 0.6) is 0 Å². The molecule has 3 rings (SSSR count). The van der Waals surface area contributed by atoms with E-state index in [2.05, 4.69) is 0 Å². The fourth-order valence-electron chi connectivity index (χ4n) is 2.99. The summed E-state index contributed by atoms with van der Waals surface area (Å²) in [4.78, 5) is -1.23. The molecule has 0 atom stereocenters. The zero-order valence-electron chi connectivity index (χ0n) is 16.1. The van der Waals surface area contributed by atoms with Crippen LogP contribution in [0.1, 0.15) is 30.3 Å². The monoisotopic (exact) mass is 468 g/mol. The predicted octanol–water partition coefficient (Wildman–Crippen LogP) is 5.17. The molecule has 0 amide bonds. The molecule has 2 aromatic carbocycles. The van der Waals surface area contributed by atoms with Crippen molar-refractivity contribution in [1.82, 2.24) is 0 Å². The largest absolute Gasteiger partial charge is 0.417 e. The van der Waals surface area contributed by atoms with Crippen LogP contribution < -0.4 is 0 Å². The number of halogens is 6. The van der Waals surface area contributed by atoms with Gasteiger partial charge < -0.3 is 9.47 Å². The molecule has 0 bridgehead atoms. The summed E-state index contributed by atoms with van der Waals surface area (Å²) in [6.07, 6.45) is -0.932. The Morgan fingerprint density at radius 3 is 1.81 bits per heavy atom. The average Bonchev–Trinajstić information content (AvgIpc) is 2.73. The van der Waals surface area contributed by atoms with E-state index in [-0.39, 0.29) is 24.7 Å². The van der Waals surface area contributed by atoms with Crippen LogP contribution in [-0.4, -0.2) is 38.7 Å². The molecule has 2 aromatic rings. The molecule has 0 saturated carbocycles. The van der Waals surface area contributed by atoms with Crippen molar-refractivity contribution in [3.8, 4) is 0 Å². The van der Waals surface area contributed by atoms with Gasteiger partial charge in [0.1, 0.15) is 0 Å². The number of hydrogen-bond donors (Lipinski definition) is 0. The quantitative estimate of drug-likeness (QED) is 0.549. The van der Waals surface area contributed by atoms with Crippen molar-refractivity contribution in [2.45, 2.75) is 41.1 Å². The Labute approximate surface area is 174 Å². The molecule has 0 unspecified atom stereocenters. The number of hydrogen-bond acceptors (Lipinski definition) is 4. The smallest absolute Gasteiger partial charge is 0.348 e. The second-order valence-corrected chi connectivity index (χ2v) is 9.15. The molecule has 1 aliphatic heterocycles. The third-order valence-corrected chi connectivity index (χ3v) is 6.71. The van der Waals surface area contributed by atoms with Gasteiger partial charge in [0.05, 0.1) is 18.1 Å². The maximum absolute atomic E-state index is 14.0. The topological polar surface area (TPSA) is 52.6 Å². The maximum Gasteiger partial charge on any atom is 0.417 e. The van der Waals surface area contributed by atoms with E-state index in [1.54, 1.807) is 0 Å². The highest BCUT2D eigenvalue weighted by atomic mass is 32.2. The SMILES string of the molecule is CC(F)(F)C(F)(F)C(F)(F)S(=O)(=O)c1ccc(C2OCC(c3ccccc3)CO2)cc1. The molecule has 170 valence electrons. The van der Waals surface area contributed by atoms with Crippen LogP contribution in [0.3, 0.4) is 0 Å². The second-order valence-electron chi connectivity index (χ2n) is 7.16. The van der Waals surface area contributed by atoms with Gasteiger partial charge in [0.25, 0.3) is 0 Å². The molecule has 0 radical (unpaired) electrons. The van der Waals surface area contributed by atoms with E-state index in [1.165, 1.54) is 0 Å². The molecule has 31 heavy (non-hydrogen) atoms. The van der Waals surface area contributed by atoms with Gasteiger partial charge in [-0.1, -0.05) is 42.5 Å². The van der Waals surface area contributed by atoms with Crippen LogP contribution >= 0.6 is 0 Å². The minimum atomic E-state index is -6.12. The number of rotatable bonds is 6. The Morgan fingerprint density at radius 2 is 1.32 bits per heavy atom. The van der Waals surface area contributed by atoms with Crippen molar-refractivity contribution in [2.24, 2.45) is 0 Å². The highest BCUT2D eigenvalue weighted by Gasteiger charge is 2.75. The van der Waals surface area contributed by atoms with E-state index < -0.39 is 45.0 Å². The Kier molecular flexibility index (Phi) is 6.16. The van der Waals surface area contributed by atoms with E-state index in [0.717, 1.165) is 17.7 Å². The normalized spacial score (nSPS) is 21.1. The van der Waals surface area contributed by atoms with Crippen LogP contribution in [0.2, 0.25) is 0 Å². The summed E-state index contributed by atoms with van der Waals surface area (Å²) < 4.78 is 116. The average molecular weight is 468 g/mol. The predicted molar refractivity (Wildman–Crippen MR) is 98.0 cm³/mol. The summed E-state index contributed by atoms with van der Waals surface area (Å²) in [5.74, 6) is -11.4. The van der Waals surface area contributed by atoms with Crippen LogP contribution in [0, 0.1) is 0 Å². The Bertz CT molecular complexity index is 996. The van der Waals surface area contributed by atoms with Crippen molar-refractivity contribution >= 4 is 9.84 Å². The lowest BCUT2D eigenvalue weighted by Crippen LogP contribution is -2.56. The van der Waals surface area contributed by atoms with Gasteiger partial charge in [-0.25, -0.2) is 8.42 Å². The molecular formula is C20H18F6O4S. The summed E-state index contributed by atoms with van der Waals surface area (Å²) in [5.41, 5.74) is 1.24. The van der Waals surface area contributed by atoms with E-state index in [9.17, 15) is 34.8 Å². The molecule has 1 fully saturated rings. The molecule has 1 aliphatic rings. The van der Waals surface area contributed by atoms with Crippen molar-refractivity contribution in [3.63, 3.8) is 0 Å². The minimum absolute atomic E-state index is 0.0475. The van der Waals surface area contributed by atoms with E-state index in [0.29, 0.717) is 12.1 Å². The van der Waals surface area contributed by atoms with Gasteiger partial charge in [0.2, 0.25) is 9.84 Å². The first-order valence-corrected chi connectivity index (χ1v) is 10.5. The molecule has 1 heterocycles. The van der Waals surface area contributed by atoms with Crippen LogP contribution in [0.15, 0.2) is 59.5 Å². The summed E-state index contributed by atoms with van der Waals surface area (Å²) in [6, 6.07) is 12.7. The Balaban J connectivity index is 1.76. The molecule has 0 spiro atoms. The van der Waals surface area contributed by atoms with Crippen molar-refractivity contribution in [2.75, 3.05) is 13.2 Å². The van der Waals surface area contributed by atoms with Crippen LogP contribution in [0.25, 0.3) is 0 Å². The summed E-state index contributed by atoms with van der Waals surface area (Å²) in [7, 11) is -6.12. The molecular weight excluding hydrogens is 450 g/mol. The van der Waals surface area contributed by atoms with Crippen molar-refractivity contribution in [3.05, 3.63) is 65.7 Å². The number of alkyl halides is 6. The van der Waals surface area contributed by atoms with Crippen LogP contribution in [0.4, 0.5) is 26.3 Å². The fraction of sp³-hybridized carbons (Fsp3) is 0.400. The molecule has 0 aliphatic carbocycles. The first kappa shape index (κ1) is 23.6. The highest BCUT2D eigenvalue weighted by molar-refractivity contribution is 7.92. The lowest BCUT2D eigenvalue weighted by molar-refractivity contribution is -0.271. The first-order valence-electron chi connectivity index (χ1n) is 9.05. The molecule has 0 N–H and O–H groups in total. The standard InChI is InChI=1S/C20H18F6O4S/c1-18(21,22)19(23,24)20(25,26)31(27,28)16-9-7-14(8-10-16)17-29-11-15(12-30-17)13-5-3-2-4-6-13/h2-10,15,17H,11-12H2,1H3. The zero-order chi connectivity index (χ0) is 23.1. The van der Waals surface area contributed by atoms with E-state index in [4.69, 9.17) is 9.47 Å². The third-order valence-electron chi connectivity index (χ3n) is 4.89. The van der Waals surface area contributed by atoms with Crippen molar-refractivity contribution in [1.29, 1.82) is 0 Å². The summed E-state index contributed by atoms with van der Waals surface area (Å²) >= 11 is 0. The summed E-state index contributed by atoms with van der Waals surface area (Å²) in [6.45, 7) is 0.0647. The van der Waals surface area contributed by atoms with Gasteiger partial charge in [-0.05, 0) is 17.7 Å².